The van der Waals surface area contributed by atoms with Gasteiger partial charge in [0.1, 0.15) is 17.2 Å². The summed E-state index contributed by atoms with van der Waals surface area (Å²) in [4.78, 5) is 17.3. The second-order valence-corrected chi connectivity index (χ2v) is 7.96. The van der Waals surface area contributed by atoms with E-state index in [2.05, 4.69) is 42.2 Å². The maximum atomic E-state index is 12.3. The van der Waals surface area contributed by atoms with Crippen molar-refractivity contribution in [2.24, 2.45) is 4.99 Å². The van der Waals surface area contributed by atoms with Gasteiger partial charge in [-0.1, -0.05) is 28.1 Å². The lowest BCUT2D eigenvalue weighted by Gasteiger charge is -2.08. The van der Waals surface area contributed by atoms with E-state index < -0.39 is 0 Å². The summed E-state index contributed by atoms with van der Waals surface area (Å²) in [5.74, 6) is 1.09. The number of nitrogens with zero attached hydrogens (tertiary/aromatic N) is 1. The van der Waals surface area contributed by atoms with Crippen molar-refractivity contribution in [3.63, 3.8) is 0 Å². The molecule has 8 heteroatoms. The van der Waals surface area contributed by atoms with Gasteiger partial charge in [-0.15, -0.1) is 0 Å². The monoisotopic (exact) mass is 496 g/mol. The number of rotatable bonds is 4. The number of nitrogens with one attached hydrogen (secondary N) is 1. The second kappa shape index (κ2) is 8.28. The summed E-state index contributed by atoms with van der Waals surface area (Å²) in [6.45, 7) is 0. The van der Waals surface area contributed by atoms with Crippen molar-refractivity contribution in [1.82, 2.24) is 5.32 Å². The minimum atomic E-state index is -0.207. The van der Waals surface area contributed by atoms with Crippen LogP contribution in [0.25, 0.3) is 6.08 Å². The highest BCUT2D eigenvalue weighted by atomic mass is 79.9. The van der Waals surface area contributed by atoms with E-state index in [4.69, 9.17) is 9.47 Å². The molecule has 1 aliphatic rings. The molecule has 1 fully saturated rings. The second-order valence-electron chi connectivity index (χ2n) is 5.16. The fourth-order valence-electron chi connectivity index (χ4n) is 2.36. The third kappa shape index (κ3) is 4.13. The smallest absolute Gasteiger partial charge is 0.264 e. The fraction of sp³-hybridized carbons (Fsp3) is 0.111. The molecule has 1 amide bonds. The van der Waals surface area contributed by atoms with Gasteiger partial charge in [0.15, 0.2) is 5.17 Å². The normalized spacial score (nSPS) is 16.8. The van der Waals surface area contributed by atoms with Crippen LogP contribution >= 0.6 is 43.6 Å². The Hall–Kier alpha value is -1.77. The maximum Gasteiger partial charge on any atom is 0.264 e. The number of carbonyl (C=O) groups excluding carboxylic acids is 1. The number of hydrogen-bond donors (Lipinski definition) is 1. The van der Waals surface area contributed by atoms with Gasteiger partial charge in [-0.25, -0.2) is 4.99 Å². The van der Waals surface area contributed by atoms with Crippen LogP contribution in [0.4, 0.5) is 5.69 Å². The summed E-state index contributed by atoms with van der Waals surface area (Å²) >= 11 is 8.19. The number of thioether (sulfide) groups is 1. The largest absolute Gasteiger partial charge is 0.495 e. The van der Waals surface area contributed by atoms with Crippen LogP contribution in [0.5, 0.6) is 11.5 Å². The molecule has 0 saturated carbocycles. The Balaban J connectivity index is 1.94. The Kier molecular flexibility index (Phi) is 6.05. The lowest BCUT2D eigenvalue weighted by Crippen LogP contribution is -2.19. The number of amidine groups is 1. The predicted octanol–water partition coefficient (Wildman–Crippen LogP) is 5.12. The molecule has 1 heterocycles. The molecule has 0 atom stereocenters. The first-order valence-corrected chi connectivity index (χ1v) is 9.87. The summed E-state index contributed by atoms with van der Waals surface area (Å²) in [7, 11) is 3.18. The Morgan fingerprint density at radius 1 is 1.15 bits per heavy atom. The molecule has 2 aromatic carbocycles. The van der Waals surface area contributed by atoms with Gasteiger partial charge in [0.2, 0.25) is 0 Å². The van der Waals surface area contributed by atoms with Gasteiger partial charge in [0.05, 0.1) is 23.6 Å². The van der Waals surface area contributed by atoms with Crippen molar-refractivity contribution >= 4 is 66.5 Å². The molecule has 0 bridgehead atoms. The van der Waals surface area contributed by atoms with Crippen LogP contribution in [-0.2, 0) is 4.79 Å². The Morgan fingerprint density at radius 2 is 1.92 bits per heavy atom. The van der Waals surface area contributed by atoms with Crippen LogP contribution in [0.15, 0.2) is 55.2 Å². The van der Waals surface area contributed by atoms with Crippen LogP contribution in [0, 0.1) is 0 Å². The van der Waals surface area contributed by atoms with Gasteiger partial charge in [-0.2, -0.15) is 0 Å². The minimum Gasteiger partial charge on any atom is -0.495 e. The number of methoxy groups -OCH3 is 2. The highest BCUT2D eigenvalue weighted by molar-refractivity contribution is 9.11. The van der Waals surface area contributed by atoms with Crippen molar-refractivity contribution in [2.45, 2.75) is 0 Å². The van der Waals surface area contributed by atoms with E-state index in [9.17, 15) is 4.79 Å². The van der Waals surface area contributed by atoms with Crippen LogP contribution in [0.3, 0.4) is 0 Å². The SMILES string of the molecule is COc1ccccc1N=C1NC(=O)/C(=C/c2cc(Br)cc(Br)c2OC)S1. The number of ether oxygens (including phenoxy) is 2. The molecule has 0 spiro atoms. The Bertz CT molecular complexity index is 929. The number of para-hydroxylation sites is 2. The third-order valence-corrected chi connectivity index (χ3v) is 5.44. The van der Waals surface area contributed by atoms with Gasteiger partial charge < -0.3 is 14.8 Å². The highest BCUT2D eigenvalue weighted by Crippen LogP contribution is 2.37. The molecule has 1 aliphatic heterocycles. The predicted molar refractivity (Wildman–Crippen MR) is 112 cm³/mol. The number of halogens is 2. The van der Waals surface area contributed by atoms with E-state index >= 15 is 0 Å². The summed E-state index contributed by atoms with van der Waals surface area (Å²) in [6.07, 6.45) is 1.78. The van der Waals surface area contributed by atoms with Crippen molar-refractivity contribution in [2.75, 3.05) is 14.2 Å². The maximum absolute atomic E-state index is 12.3. The average Bonchev–Trinajstić information content (AvgIpc) is 2.94. The molecule has 0 aliphatic carbocycles. The van der Waals surface area contributed by atoms with E-state index in [-0.39, 0.29) is 5.91 Å². The molecule has 134 valence electrons. The van der Waals surface area contributed by atoms with E-state index in [0.717, 1.165) is 14.5 Å². The van der Waals surface area contributed by atoms with Gasteiger partial charge >= 0.3 is 0 Å². The van der Waals surface area contributed by atoms with Gasteiger partial charge in [-0.05, 0) is 58.0 Å². The lowest BCUT2D eigenvalue weighted by atomic mass is 10.2. The van der Waals surface area contributed by atoms with Crippen LogP contribution in [-0.4, -0.2) is 25.3 Å². The molecule has 5 nitrogen and oxygen atoms in total. The lowest BCUT2D eigenvalue weighted by molar-refractivity contribution is -0.115. The van der Waals surface area contributed by atoms with Crippen molar-refractivity contribution in [3.05, 3.63) is 55.8 Å². The number of carbonyl (C=O) groups is 1. The zero-order valence-corrected chi connectivity index (χ0v) is 17.9. The number of hydrogen-bond acceptors (Lipinski definition) is 5. The molecule has 3 rings (SSSR count). The molecule has 0 aromatic heterocycles. The first-order valence-electron chi connectivity index (χ1n) is 7.47. The van der Waals surface area contributed by atoms with Gasteiger partial charge in [0, 0.05) is 10.0 Å². The number of benzene rings is 2. The van der Waals surface area contributed by atoms with Crippen LogP contribution < -0.4 is 14.8 Å². The van der Waals surface area contributed by atoms with E-state index in [1.165, 1.54) is 11.8 Å². The molecule has 1 N–H and O–H groups in total. The molecule has 1 saturated heterocycles. The fourth-order valence-corrected chi connectivity index (χ4v) is 4.60. The van der Waals surface area contributed by atoms with Crippen LogP contribution in [0.1, 0.15) is 5.56 Å². The average molecular weight is 498 g/mol. The zero-order chi connectivity index (χ0) is 18.7. The van der Waals surface area contributed by atoms with Crippen molar-refractivity contribution in [3.8, 4) is 11.5 Å². The molecular weight excluding hydrogens is 484 g/mol. The van der Waals surface area contributed by atoms with Gasteiger partial charge in [0.25, 0.3) is 5.91 Å². The third-order valence-electron chi connectivity index (χ3n) is 3.49. The molecule has 26 heavy (non-hydrogen) atoms. The van der Waals surface area contributed by atoms with E-state index in [0.29, 0.717) is 27.3 Å². The summed E-state index contributed by atoms with van der Waals surface area (Å²) in [6, 6.07) is 11.2. The van der Waals surface area contributed by atoms with E-state index in [1.807, 2.05) is 36.4 Å². The number of amides is 1. The molecular formula is C18H14Br2N2O3S. The first kappa shape index (κ1) is 19.0. The summed E-state index contributed by atoms with van der Waals surface area (Å²) in [5.41, 5.74) is 1.44. The zero-order valence-electron chi connectivity index (χ0n) is 13.9. The quantitative estimate of drug-likeness (QED) is 0.595. The molecule has 0 radical (unpaired) electrons. The van der Waals surface area contributed by atoms with Crippen molar-refractivity contribution in [1.29, 1.82) is 0 Å². The van der Waals surface area contributed by atoms with E-state index in [1.54, 1.807) is 20.3 Å². The number of aliphatic imine (C=N–C) groups is 1. The topological polar surface area (TPSA) is 59.9 Å². The Labute approximate surface area is 172 Å². The Morgan fingerprint density at radius 3 is 2.65 bits per heavy atom. The summed E-state index contributed by atoms with van der Waals surface area (Å²) < 4.78 is 12.4. The molecule has 2 aromatic rings. The summed E-state index contributed by atoms with van der Waals surface area (Å²) in [5, 5.41) is 3.28. The first-order chi connectivity index (χ1) is 12.5. The van der Waals surface area contributed by atoms with Crippen molar-refractivity contribution < 1.29 is 14.3 Å². The molecule has 0 unspecified atom stereocenters. The standard InChI is InChI=1S/C18H14Br2N2O3S/c1-24-14-6-4-3-5-13(14)21-18-22-17(23)15(26-18)8-10-7-11(19)9-12(20)16(10)25-2/h3-9H,1-2H3,(H,21,22,23)/b15-8-. The minimum absolute atomic E-state index is 0.207. The highest BCUT2D eigenvalue weighted by Gasteiger charge is 2.25. The van der Waals surface area contributed by atoms with Crippen LogP contribution in [0.2, 0.25) is 0 Å². The van der Waals surface area contributed by atoms with Gasteiger partial charge in [-0.3, -0.25) is 4.79 Å².